The van der Waals surface area contributed by atoms with Crippen molar-refractivity contribution in [2.45, 2.75) is 37.0 Å². The van der Waals surface area contributed by atoms with Crippen LogP contribution in [-0.4, -0.2) is 49.5 Å². The van der Waals surface area contributed by atoms with Crippen LogP contribution in [0, 0.1) is 0 Å². The number of rotatable bonds is 1. The van der Waals surface area contributed by atoms with Crippen molar-refractivity contribution in [3.63, 3.8) is 0 Å². The Hall–Kier alpha value is -1.52. The molecule has 4 rings (SSSR count). The Balaban J connectivity index is 1.98. The molecule has 0 saturated heterocycles. The van der Waals surface area contributed by atoms with Gasteiger partial charge in [0, 0.05) is 17.5 Å². The summed E-state index contributed by atoms with van der Waals surface area (Å²) in [4.78, 5) is 0. The molecule has 22 heavy (non-hydrogen) atoms. The van der Waals surface area contributed by atoms with Crippen LogP contribution in [0.2, 0.25) is 0 Å². The molecule has 2 heterocycles. The Morgan fingerprint density at radius 3 is 2.95 bits per heavy atom. The summed E-state index contributed by atoms with van der Waals surface area (Å²) >= 11 is 0. The lowest BCUT2D eigenvalue weighted by Gasteiger charge is -2.37. The van der Waals surface area contributed by atoms with Gasteiger partial charge in [0.05, 0.1) is 39.3 Å². The first-order valence-corrected chi connectivity index (χ1v) is 8.02. The molecule has 3 atom stereocenters. The third kappa shape index (κ3) is 1.77. The lowest BCUT2D eigenvalue weighted by atomic mass is 9.68. The maximum Gasteiger partial charge on any atom is 0.166 e. The zero-order valence-corrected chi connectivity index (χ0v) is 13.5. The number of nitrogens with zero attached hydrogens (tertiary/aromatic N) is 1. The zero-order chi connectivity index (χ0) is 15.5. The third-order valence-corrected chi connectivity index (χ3v) is 5.52. The van der Waals surface area contributed by atoms with Gasteiger partial charge in [-0.15, -0.1) is 0 Å². The first kappa shape index (κ1) is 14.1. The van der Waals surface area contributed by atoms with E-state index >= 15 is 0 Å². The number of hydrogen-bond donors (Lipinski definition) is 1. The molecule has 1 aromatic carbocycles. The van der Waals surface area contributed by atoms with E-state index in [1.54, 1.807) is 7.11 Å². The van der Waals surface area contributed by atoms with Crippen molar-refractivity contribution in [3.8, 4) is 11.5 Å². The third-order valence-electron chi connectivity index (χ3n) is 5.52. The minimum atomic E-state index is -0.455. The van der Waals surface area contributed by atoms with Crippen LogP contribution in [0.15, 0.2) is 24.3 Å². The lowest BCUT2D eigenvalue weighted by Crippen LogP contribution is -2.48. The van der Waals surface area contributed by atoms with Crippen LogP contribution in [0.3, 0.4) is 0 Å². The molecule has 1 aromatic rings. The van der Waals surface area contributed by atoms with E-state index in [1.807, 2.05) is 6.07 Å². The number of methoxy groups -OCH3 is 1. The van der Waals surface area contributed by atoms with Gasteiger partial charge in [0.1, 0.15) is 12.6 Å². The van der Waals surface area contributed by atoms with E-state index in [0.29, 0.717) is 6.42 Å². The maximum absolute atomic E-state index is 10.5. The van der Waals surface area contributed by atoms with Crippen LogP contribution in [-0.2, 0) is 12.0 Å². The van der Waals surface area contributed by atoms with Gasteiger partial charge in [-0.2, -0.15) is 0 Å². The highest BCUT2D eigenvalue weighted by molar-refractivity contribution is 5.60. The van der Waals surface area contributed by atoms with Crippen LogP contribution >= 0.6 is 0 Å². The molecule has 0 fully saturated rings. The summed E-state index contributed by atoms with van der Waals surface area (Å²) in [7, 11) is 6.22. The summed E-state index contributed by atoms with van der Waals surface area (Å²) < 4.78 is 12.7. The SMILES string of the molecule is COc1ccc2c3c1O[C@@H]1[C@@H](O)CC=C[C@]31CC[N+](C)(C)C2. The molecule has 4 heteroatoms. The van der Waals surface area contributed by atoms with Gasteiger partial charge in [0.2, 0.25) is 0 Å². The number of ether oxygens (including phenoxy) is 2. The number of benzene rings is 1. The smallest absolute Gasteiger partial charge is 0.166 e. The van der Waals surface area contributed by atoms with E-state index < -0.39 is 6.10 Å². The van der Waals surface area contributed by atoms with Crippen molar-refractivity contribution >= 4 is 0 Å². The molecule has 0 unspecified atom stereocenters. The number of aliphatic hydroxyl groups excluding tert-OH is 1. The molecule has 1 N–H and O–H groups in total. The van der Waals surface area contributed by atoms with E-state index in [0.717, 1.165) is 35.5 Å². The standard InChI is InChI=1S/C18H24NO3/c1-19(2)10-9-18-8-4-5-13(20)17(18)22-16-14(21-3)7-6-12(11-19)15(16)18/h4,6-8,13,17,20H,5,9-11H2,1-3H3/q+1/t13-,17+,18-/m0/s1. The van der Waals surface area contributed by atoms with Crippen LogP contribution in [0.25, 0.3) is 0 Å². The second-order valence-electron chi connectivity index (χ2n) is 7.48. The Bertz CT molecular complexity index is 652. The summed E-state index contributed by atoms with van der Waals surface area (Å²) in [6.07, 6.45) is 5.41. The minimum Gasteiger partial charge on any atom is -0.493 e. The van der Waals surface area contributed by atoms with Gasteiger partial charge < -0.3 is 19.1 Å². The van der Waals surface area contributed by atoms with Crippen LogP contribution in [0.1, 0.15) is 24.0 Å². The molecule has 0 amide bonds. The molecular formula is C18H24NO3+. The fourth-order valence-electron chi connectivity index (χ4n) is 4.42. The molecular weight excluding hydrogens is 278 g/mol. The summed E-state index contributed by atoms with van der Waals surface area (Å²) in [5, 5.41) is 10.5. The summed E-state index contributed by atoms with van der Waals surface area (Å²) in [6.45, 7) is 2.04. The number of aliphatic hydroxyl groups is 1. The fraction of sp³-hybridized carbons (Fsp3) is 0.556. The van der Waals surface area contributed by atoms with E-state index in [4.69, 9.17) is 9.47 Å². The predicted octanol–water partition coefficient (Wildman–Crippen LogP) is 1.99. The largest absolute Gasteiger partial charge is 0.493 e. The zero-order valence-electron chi connectivity index (χ0n) is 13.5. The van der Waals surface area contributed by atoms with Crippen molar-refractivity contribution < 1.29 is 19.1 Å². The summed E-state index contributed by atoms with van der Waals surface area (Å²) in [5.41, 5.74) is 2.36. The topological polar surface area (TPSA) is 38.7 Å². The van der Waals surface area contributed by atoms with E-state index in [1.165, 1.54) is 11.1 Å². The van der Waals surface area contributed by atoms with E-state index in [-0.39, 0.29) is 11.5 Å². The molecule has 0 aromatic heterocycles. The number of hydrogen-bond acceptors (Lipinski definition) is 3. The predicted molar refractivity (Wildman–Crippen MR) is 84.1 cm³/mol. The van der Waals surface area contributed by atoms with Gasteiger partial charge in [-0.05, 0) is 18.6 Å². The molecule has 3 aliphatic rings. The van der Waals surface area contributed by atoms with Crippen LogP contribution < -0.4 is 9.47 Å². The molecule has 0 saturated carbocycles. The Kier molecular flexibility index (Phi) is 2.88. The number of quaternary nitrogens is 1. The van der Waals surface area contributed by atoms with Crippen molar-refractivity contribution in [1.82, 2.24) is 0 Å². The highest BCUT2D eigenvalue weighted by atomic mass is 16.5. The fourth-order valence-corrected chi connectivity index (χ4v) is 4.42. The second kappa shape index (κ2) is 4.49. The second-order valence-corrected chi connectivity index (χ2v) is 7.48. The average molecular weight is 302 g/mol. The van der Waals surface area contributed by atoms with Crippen LogP contribution in [0.5, 0.6) is 11.5 Å². The monoisotopic (exact) mass is 302 g/mol. The van der Waals surface area contributed by atoms with E-state index in [2.05, 4.69) is 32.3 Å². The molecule has 0 radical (unpaired) electrons. The minimum absolute atomic E-state index is 0.194. The van der Waals surface area contributed by atoms with E-state index in [9.17, 15) is 5.11 Å². The van der Waals surface area contributed by atoms with Gasteiger partial charge in [-0.3, -0.25) is 0 Å². The summed E-state index contributed by atoms with van der Waals surface area (Å²) in [6, 6.07) is 4.17. The molecule has 4 nitrogen and oxygen atoms in total. The Labute approximate surface area is 131 Å². The van der Waals surface area contributed by atoms with Crippen molar-refractivity contribution in [1.29, 1.82) is 0 Å². The quantitative estimate of drug-likeness (QED) is 0.637. The van der Waals surface area contributed by atoms with Gasteiger partial charge >= 0.3 is 0 Å². The average Bonchev–Trinajstić information content (AvgIpc) is 2.78. The Morgan fingerprint density at radius 2 is 2.18 bits per heavy atom. The summed E-state index contributed by atoms with van der Waals surface area (Å²) in [5.74, 6) is 1.62. The highest BCUT2D eigenvalue weighted by Gasteiger charge is 2.56. The molecule has 2 aliphatic heterocycles. The van der Waals surface area contributed by atoms with Gasteiger partial charge in [-0.1, -0.05) is 12.2 Å². The van der Waals surface area contributed by atoms with Crippen LogP contribution in [0.4, 0.5) is 0 Å². The normalized spacial score (nSPS) is 34.4. The highest BCUT2D eigenvalue weighted by Crippen LogP contribution is 2.56. The molecule has 1 aliphatic carbocycles. The lowest BCUT2D eigenvalue weighted by molar-refractivity contribution is -0.903. The Morgan fingerprint density at radius 1 is 1.36 bits per heavy atom. The van der Waals surface area contributed by atoms with Crippen molar-refractivity contribution in [2.24, 2.45) is 0 Å². The first-order valence-electron chi connectivity index (χ1n) is 8.02. The molecule has 118 valence electrons. The molecule has 0 bridgehead atoms. The van der Waals surface area contributed by atoms with Gasteiger partial charge in [0.15, 0.2) is 11.5 Å². The van der Waals surface area contributed by atoms with Gasteiger partial charge in [-0.25, -0.2) is 0 Å². The molecule has 1 spiro atoms. The van der Waals surface area contributed by atoms with Gasteiger partial charge in [0.25, 0.3) is 0 Å². The first-order chi connectivity index (χ1) is 10.5. The van der Waals surface area contributed by atoms with Crippen molar-refractivity contribution in [3.05, 3.63) is 35.4 Å². The van der Waals surface area contributed by atoms with Crippen molar-refractivity contribution in [2.75, 3.05) is 27.7 Å². The maximum atomic E-state index is 10.5.